The van der Waals surface area contributed by atoms with E-state index in [2.05, 4.69) is 24.3 Å². The molecule has 0 aromatic carbocycles. The molecule has 1 aromatic rings. The summed E-state index contributed by atoms with van der Waals surface area (Å²) in [5, 5.41) is 16.4. The largest absolute Gasteiger partial charge is 0.394 e. The van der Waals surface area contributed by atoms with E-state index in [1.54, 1.807) is 6.20 Å². The third-order valence-corrected chi connectivity index (χ3v) is 4.61. The molecule has 2 rings (SSSR count). The van der Waals surface area contributed by atoms with Crippen molar-refractivity contribution in [2.75, 3.05) is 19.7 Å². The molecule has 0 saturated carbocycles. The van der Waals surface area contributed by atoms with Crippen molar-refractivity contribution in [3.05, 3.63) is 18.0 Å². The van der Waals surface area contributed by atoms with Gasteiger partial charge in [-0.25, -0.2) is 4.79 Å². The average molecular weight is 308 g/mol. The van der Waals surface area contributed by atoms with E-state index >= 15 is 0 Å². The molecule has 6 heteroatoms. The lowest BCUT2D eigenvalue weighted by Gasteiger charge is -2.33. The zero-order valence-corrected chi connectivity index (χ0v) is 13.8. The van der Waals surface area contributed by atoms with E-state index < -0.39 is 0 Å². The van der Waals surface area contributed by atoms with Gasteiger partial charge in [-0.15, -0.1) is 0 Å². The number of likely N-dealkylation sites (tertiary alicyclic amines) is 1. The summed E-state index contributed by atoms with van der Waals surface area (Å²) >= 11 is 0. The fourth-order valence-corrected chi connectivity index (χ4v) is 2.80. The van der Waals surface area contributed by atoms with Gasteiger partial charge in [0.25, 0.3) is 0 Å². The van der Waals surface area contributed by atoms with E-state index in [4.69, 9.17) is 5.11 Å². The Morgan fingerprint density at radius 1 is 1.41 bits per heavy atom. The van der Waals surface area contributed by atoms with Crippen molar-refractivity contribution in [2.45, 2.75) is 52.1 Å². The molecule has 1 aliphatic rings. The fourth-order valence-electron chi connectivity index (χ4n) is 2.80. The minimum atomic E-state index is 0.0449. The lowest BCUT2D eigenvalue weighted by Crippen LogP contribution is -2.48. The summed E-state index contributed by atoms with van der Waals surface area (Å²) in [4.78, 5) is 14.1. The van der Waals surface area contributed by atoms with Crippen LogP contribution in [0.1, 0.15) is 45.2 Å². The van der Waals surface area contributed by atoms with E-state index in [9.17, 15) is 4.79 Å². The maximum atomic E-state index is 12.2. The highest BCUT2D eigenvalue weighted by Gasteiger charge is 2.26. The van der Waals surface area contributed by atoms with Crippen LogP contribution in [0.15, 0.2) is 12.3 Å². The first-order valence-corrected chi connectivity index (χ1v) is 8.21. The molecule has 22 heavy (non-hydrogen) atoms. The molecule has 0 spiro atoms. The number of amides is 2. The Kier molecular flexibility index (Phi) is 5.83. The number of aromatic nitrogens is 2. The normalized spacial score (nSPS) is 17.8. The number of aliphatic hydroxyl groups is 1. The predicted octanol–water partition coefficient (Wildman–Crippen LogP) is 1.81. The molecule has 1 atom stereocenters. The van der Waals surface area contributed by atoms with E-state index in [1.165, 1.54) is 5.69 Å². The third-order valence-electron chi connectivity index (χ3n) is 4.61. The van der Waals surface area contributed by atoms with Crippen LogP contribution in [-0.2, 0) is 6.54 Å². The zero-order valence-electron chi connectivity index (χ0n) is 13.8. The minimum Gasteiger partial charge on any atom is -0.394 e. The fraction of sp³-hybridized carbons (Fsp3) is 0.750. The summed E-state index contributed by atoms with van der Waals surface area (Å²) in [7, 11) is 0. The Morgan fingerprint density at radius 3 is 2.68 bits per heavy atom. The second kappa shape index (κ2) is 7.63. The van der Waals surface area contributed by atoms with Crippen LogP contribution >= 0.6 is 0 Å². The number of nitrogens with zero attached hydrogens (tertiary/aromatic N) is 3. The van der Waals surface area contributed by atoms with Crippen molar-refractivity contribution >= 4 is 6.03 Å². The molecule has 1 aromatic heterocycles. The Labute approximate surface area is 132 Å². The maximum Gasteiger partial charge on any atom is 0.317 e. The van der Waals surface area contributed by atoms with E-state index in [-0.39, 0.29) is 18.7 Å². The first kappa shape index (κ1) is 16.8. The van der Waals surface area contributed by atoms with Gasteiger partial charge in [-0.3, -0.25) is 4.68 Å². The van der Waals surface area contributed by atoms with Crippen LogP contribution in [0.2, 0.25) is 0 Å². The van der Waals surface area contributed by atoms with E-state index in [1.807, 2.05) is 22.6 Å². The standard InChI is InChI=1S/C16H28N4O2/c1-12(2)13(3)18-16(22)19-8-5-14(6-9-19)15-4-7-17-20(15)10-11-21/h4,7,12-14,21H,5-6,8-11H2,1-3H3,(H,18,22). The molecule has 0 bridgehead atoms. The molecular formula is C16H28N4O2. The minimum absolute atomic E-state index is 0.0449. The molecule has 0 radical (unpaired) electrons. The van der Waals surface area contributed by atoms with E-state index in [0.717, 1.165) is 25.9 Å². The van der Waals surface area contributed by atoms with Crippen LogP contribution in [0.25, 0.3) is 0 Å². The van der Waals surface area contributed by atoms with Gasteiger partial charge in [0.2, 0.25) is 0 Å². The van der Waals surface area contributed by atoms with Crippen molar-refractivity contribution < 1.29 is 9.90 Å². The highest BCUT2D eigenvalue weighted by atomic mass is 16.3. The van der Waals surface area contributed by atoms with Crippen LogP contribution in [0.3, 0.4) is 0 Å². The van der Waals surface area contributed by atoms with Crippen molar-refractivity contribution in [1.82, 2.24) is 20.0 Å². The van der Waals surface area contributed by atoms with Gasteiger partial charge in [0.1, 0.15) is 0 Å². The predicted molar refractivity (Wildman–Crippen MR) is 85.7 cm³/mol. The van der Waals surface area contributed by atoms with Crippen LogP contribution in [-0.4, -0.2) is 51.6 Å². The number of aliphatic hydroxyl groups excluding tert-OH is 1. The average Bonchev–Trinajstić information content (AvgIpc) is 2.96. The van der Waals surface area contributed by atoms with Crippen molar-refractivity contribution in [2.24, 2.45) is 5.92 Å². The quantitative estimate of drug-likeness (QED) is 0.871. The topological polar surface area (TPSA) is 70.4 Å². The molecule has 1 aliphatic heterocycles. The summed E-state index contributed by atoms with van der Waals surface area (Å²) in [6.45, 7) is 8.44. The number of nitrogens with one attached hydrogen (secondary N) is 1. The first-order chi connectivity index (χ1) is 10.5. The van der Waals surface area contributed by atoms with Gasteiger partial charge >= 0.3 is 6.03 Å². The summed E-state index contributed by atoms with van der Waals surface area (Å²) in [5.41, 5.74) is 1.17. The van der Waals surface area contributed by atoms with Crippen LogP contribution in [0.5, 0.6) is 0 Å². The molecule has 2 amide bonds. The Hall–Kier alpha value is -1.56. The summed E-state index contributed by atoms with van der Waals surface area (Å²) in [6.07, 6.45) is 3.68. The molecular weight excluding hydrogens is 280 g/mol. The Balaban J connectivity index is 1.87. The number of carbonyl (C=O) groups is 1. The van der Waals surface area contributed by atoms with Crippen LogP contribution in [0.4, 0.5) is 4.79 Å². The zero-order chi connectivity index (χ0) is 16.1. The lowest BCUT2D eigenvalue weighted by molar-refractivity contribution is 0.174. The highest BCUT2D eigenvalue weighted by molar-refractivity contribution is 5.74. The van der Waals surface area contributed by atoms with Crippen molar-refractivity contribution in [3.8, 4) is 0 Å². The molecule has 2 N–H and O–H groups in total. The van der Waals surface area contributed by atoms with Crippen molar-refractivity contribution in [3.63, 3.8) is 0 Å². The molecule has 1 saturated heterocycles. The van der Waals surface area contributed by atoms with Crippen LogP contribution in [0, 0.1) is 5.92 Å². The number of rotatable bonds is 5. The monoisotopic (exact) mass is 308 g/mol. The van der Waals surface area contributed by atoms with Crippen molar-refractivity contribution in [1.29, 1.82) is 0 Å². The molecule has 124 valence electrons. The summed E-state index contributed by atoms with van der Waals surface area (Å²) < 4.78 is 1.88. The molecule has 6 nitrogen and oxygen atoms in total. The van der Waals surface area contributed by atoms with Gasteiger partial charge < -0.3 is 15.3 Å². The van der Waals surface area contributed by atoms with Gasteiger partial charge in [-0.05, 0) is 31.7 Å². The van der Waals surface area contributed by atoms with Gasteiger partial charge in [0.05, 0.1) is 13.2 Å². The maximum absolute atomic E-state index is 12.2. The number of urea groups is 1. The molecule has 1 unspecified atom stereocenters. The number of piperidine rings is 1. The summed E-state index contributed by atoms with van der Waals surface area (Å²) in [5.74, 6) is 0.856. The second-order valence-corrected chi connectivity index (χ2v) is 6.45. The SMILES string of the molecule is CC(C)C(C)NC(=O)N1CCC(c2ccnn2CCO)CC1. The van der Waals surface area contributed by atoms with Gasteiger partial charge in [-0.2, -0.15) is 5.10 Å². The Morgan fingerprint density at radius 2 is 2.09 bits per heavy atom. The molecule has 2 heterocycles. The molecule has 0 aliphatic carbocycles. The summed E-state index contributed by atoms with van der Waals surface area (Å²) in [6, 6.07) is 2.26. The van der Waals surface area contributed by atoms with Gasteiger partial charge in [-0.1, -0.05) is 13.8 Å². The first-order valence-electron chi connectivity index (χ1n) is 8.21. The number of hydrogen-bond donors (Lipinski definition) is 2. The van der Waals surface area contributed by atoms with Gasteiger partial charge in [0.15, 0.2) is 0 Å². The Bertz CT molecular complexity index is 478. The third kappa shape index (κ3) is 4.00. The molecule has 1 fully saturated rings. The van der Waals surface area contributed by atoms with E-state index in [0.29, 0.717) is 18.4 Å². The highest BCUT2D eigenvalue weighted by Crippen LogP contribution is 2.27. The number of carbonyl (C=O) groups excluding carboxylic acids is 1. The number of hydrogen-bond acceptors (Lipinski definition) is 3. The smallest absolute Gasteiger partial charge is 0.317 e. The lowest BCUT2D eigenvalue weighted by atomic mass is 9.93. The second-order valence-electron chi connectivity index (χ2n) is 6.45. The van der Waals surface area contributed by atoms with Gasteiger partial charge in [0, 0.05) is 36.9 Å². The van der Waals surface area contributed by atoms with Crippen LogP contribution < -0.4 is 5.32 Å².